The molecule has 0 aromatic rings. The molecule has 3 rings (SSSR count). The van der Waals surface area contributed by atoms with Gasteiger partial charge in [0.1, 0.15) is 0 Å². The summed E-state index contributed by atoms with van der Waals surface area (Å²) in [4.78, 5) is 17.2. The Kier molecular flexibility index (Phi) is 4.58. The minimum Gasteiger partial charge on any atom is -0.381 e. The lowest BCUT2D eigenvalue weighted by atomic mass is 9.91. The van der Waals surface area contributed by atoms with Crippen molar-refractivity contribution >= 4 is 5.91 Å². The summed E-state index contributed by atoms with van der Waals surface area (Å²) >= 11 is 0. The molecule has 114 valence electrons. The zero-order valence-corrected chi connectivity index (χ0v) is 12.3. The van der Waals surface area contributed by atoms with E-state index < -0.39 is 0 Å². The Labute approximate surface area is 121 Å². The van der Waals surface area contributed by atoms with Gasteiger partial charge in [-0.05, 0) is 38.1 Å². The van der Waals surface area contributed by atoms with Crippen molar-refractivity contribution in [3.05, 3.63) is 0 Å². The van der Waals surface area contributed by atoms with E-state index in [4.69, 9.17) is 10.5 Å². The van der Waals surface area contributed by atoms with E-state index in [-0.39, 0.29) is 11.9 Å². The second-order valence-electron chi connectivity index (χ2n) is 6.45. The van der Waals surface area contributed by atoms with Crippen molar-refractivity contribution in [3.63, 3.8) is 0 Å². The Hall–Kier alpha value is -0.650. The Balaban J connectivity index is 1.56. The molecule has 2 N–H and O–H groups in total. The lowest BCUT2D eigenvalue weighted by molar-refractivity contribution is -0.138. The molecule has 1 amide bonds. The molecule has 3 fully saturated rings. The highest BCUT2D eigenvalue weighted by Gasteiger charge is 2.35. The van der Waals surface area contributed by atoms with Gasteiger partial charge in [-0.25, -0.2) is 0 Å². The number of amides is 1. The number of nitrogens with two attached hydrogens (primary N) is 1. The Morgan fingerprint density at radius 3 is 2.70 bits per heavy atom. The molecule has 0 bridgehead atoms. The van der Waals surface area contributed by atoms with Gasteiger partial charge in [0.2, 0.25) is 5.91 Å². The predicted octanol–water partition coefficient (Wildman–Crippen LogP) is 0.437. The van der Waals surface area contributed by atoms with Crippen LogP contribution in [0.5, 0.6) is 0 Å². The van der Waals surface area contributed by atoms with E-state index in [9.17, 15) is 4.79 Å². The first-order chi connectivity index (χ1) is 9.75. The number of rotatable bonds is 2. The van der Waals surface area contributed by atoms with Crippen LogP contribution in [0.2, 0.25) is 0 Å². The molecule has 3 heterocycles. The monoisotopic (exact) mass is 281 g/mol. The van der Waals surface area contributed by atoms with Crippen LogP contribution in [0.25, 0.3) is 0 Å². The third-order valence-corrected chi connectivity index (χ3v) is 5.21. The smallest absolute Gasteiger partial charge is 0.239 e. The molecule has 0 aromatic carbocycles. The minimum absolute atomic E-state index is 0.169. The molecule has 20 heavy (non-hydrogen) atoms. The van der Waals surface area contributed by atoms with Gasteiger partial charge in [-0.2, -0.15) is 0 Å². The molecule has 3 saturated heterocycles. The third-order valence-electron chi connectivity index (χ3n) is 5.21. The summed E-state index contributed by atoms with van der Waals surface area (Å²) < 4.78 is 5.36. The van der Waals surface area contributed by atoms with Crippen LogP contribution in [0.1, 0.15) is 32.1 Å². The van der Waals surface area contributed by atoms with Crippen molar-refractivity contribution in [1.82, 2.24) is 9.80 Å². The number of piperidine rings is 1. The third kappa shape index (κ3) is 3.00. The number of nitrogens with zero attached hydrogens (tertiary/aromatic N) is 2. The average molecular weight is 281 g/mol. The van der Waals surface area contributed by atoms with Gasteiger partial charge in [-0.15, -0.1) is 0 Å². The van der Waals surface area contributed by atoms with Gasteiger partial charge in [-0.3, -0.25) is 9.69 Å². The average Bonchev–Trinajstić information content (AvgIpc) is 2.54. The van der Waals surface area contributed by atoms with Crippen molar-refractivity contribution in [2.24, 2.45) is 11.7 Å². The summed E-state index contributed by atoms with van der Waals surface area (Å²) in [7, 11) is 0. The van der Waals surface area contributed by atoms with E-state index >= 15 is 0 Å². The predicted molar refractivity (Wildman–Crippen MR) is 77.3 cm³/mol. The standard InChI is InChI=1S/C15H27N3O2/c16-14(12-4-9-20-10-5-12)15(19)18-8-7-17-6-2-1-3-13(17)11-18/h12-14H,1-11,16H2. The van der Waals surface area contributed by atoms with E-state index in [1.807, 2.05) is 4.90 Å². The molecule has 3 aliphatic heterocycles. The summed E-state index contributed by atoms with van der Waals surface area (Å²) in [6.45, 7) is 5.47. The van der Waals surface area contributed by atoms with Gasteiger partial charge in [0.25, 0.3) is 0 Å². The van der Waals surface area contributed by atoms with Crippen molar-refractivity contribution in [3.8, 4) is 0 Å². The largest absolute Gasteiger partial charge is 0.381 e. The molecule has 0 aliphatic carbocycles. The number of carbonyl (C=O) groups excluding carboxylic acids is 1. The summed E-state index contributed by atoms with van der Waals surface area (Å²) in [6, 6.07) is 0.248. The lowest BCUT2D eigenvalue weighted by Gasteiger charge is -2.45. The molecule has 0 spiro atoms. The highest BCUT2D eigenvalue weighted by molar-refractivity contribution is 5.82. The first-order valence-corrected chi connectivity index (χ1v) is 8.12. The van der Waals surface area contributed by atoms with Crippen LogP contribution >= 0.6 is 0 Å². The molecular weight excluding hydrogens is 254 g/mol. The molecule has 0 radical (unpaired) electrons. The fourth-order valence-corrected chi connectivity index (χ4v) is 3.84. The summed E-state index contributed by atoms with van der Waals surface area (Å²) in [5, 5.41) is 0. The summed E-state index contributed by atoms with van der Waals surface area (Å²) in [5.74, 6) is 0.475. The van der Waals surface area contributed by atoms with E-state index in [1.165, 1.54) is 25.8 Å². The van der Waals surface area contributed by atoms with Crippen molar-refractivity contribution in [2.45, 2.75) is 44.2 Å². The van der Waals surface area contributed by atoms with Crippen LogP contribution in [0, 0.1) is 5.92 Å². The highest BCUT2D eigenvalue weighted by atomic mass is 16.5. The maximum atomic E-state index is 12.6. The molecule has 0 aromatic heterocycles. The molecule has 5 nitrogen and oxygen atoms in total. The first-order valence-electron chi connectivity index (χ1n) is 8.12. The Morgan fingerprint density at radius 1 is 1.10 bits per heavy atom. The van der Waals surface area contributed by atoms with Gasteiger partial charge in [0.15, 0.2) is 0 Å². The maximum absolute atomic E-state index is 12.6. The number of fused-ring (bicyclic) bond motifs is 1. The molecule has 2 atom stereocenters. The van der Waals surface area contributed by atoms with Gasteiger partial charge in [-0.1, -0.05) is 6.42 Å². The maximum Gasteiger partial charge on any atom is 0.239 e. The first kappa shape index (κ1) is 14.3. The lowest BCUT2D eigenvalue weighted by Crippen LogP contribution is -2.59. The Bertz CT molecular complexity index is 344. The van der Waals surface area contributed by atoms with E-state index in [1.54, 1.807) is 0 Å². The van der Waals surface area contributed by atoms with Gasteiger partial charge >= 0.3 is 0 Å². The number of ether oxygens (including phenoxy) is 1. The second-order valence-corrected chi connectivity index (χ2v) is 6.45. The fourth-order valence-electron chi connectivity index (χ4n) is 3.84. The van der Waals surface area contributed by atoms with Crippen LogP contribution in [-0.4, -0.2) is 67.2 Å². The topological polar surface area (TPSA) is 58.8 Å². The van der Waals surface area contributed by atoms with Crippen molar-refractivity contribution in [1.29, 1.82) is 0 Å². The molecule has 3 aliphatic rings. The van der Waals surface area contributed by atoms with Gasteiger partial charge in [0, 0.05) is 38.9 Å². The van der Waals surface area contributed by atoms with E-state index in [0.29, 0.717) is 12.0 Å². The second kappa shape index (κ2) is 6.41. The van der Waals surface area contributed by atoms with E-state index in [2.05, 4.69) is 4.90 Å². The number of hydrogen-bond acceptors (Lipinski definition) is 4. The van der Waals surface area contributed by atoms with Gasteiger partial charge in [0.05, 0.1) is 6.04 Å². The Morgan fingerprint density at radius 2 is 1.90 bits per heavy atom. The molecule has 2 unspecified atom stereocenters. The highest BCUT2D eigenvalue weighted by Crippen LogP contribution is 2.23. The zero-order valence-electron chi connectivity index (χ0n) is 12.3. The van der Waals surface area contributed by atoms with Crippen LogP contribution in [0.3, 0.4) is 0 Å². The molecule has 5 heteroatoms. The van der Waals surface area contributed by atoms with Crippen LogP contribution < -0.4 is 5.73 Å². The fraction of sp³-hybridized carbons (Fsp3) is 0.933. The van der Waals surface area contributed by atoms with Crippen LogP contribution in [-0.2, 0) is 9.53 Å². The molecule has 0 saturated carbocycles. The molecular formula is C15H27N3O2. The van der Waals surface area contributed by atoms with Crippen molar-refractivity contribution in [2.75, 3.05) is 39.4 Å². The summed E-state index contributed by atoms with van der Waals surface area (Å²) in [6.07, 6.45) is 5.70. The normalized spacial score (nSPS) is 30.9. The number of piperazine rings is 1. The SMILES string of the molecule is NC(C(=O)N1CCN2CCCCC2C1)C1CCOCC1. The number of hydrogen-bond donors (Lipinski definition) is 1. The minimum atomic E-state index is -0.325. The summed E-state index contributed by atoms with van der Waals surface area (Å²) in [5.41, 5.74) is 6.23. The quantitative estimate of drug-likeness (QED) is 0.798. The van der Waals surface area contributed by atoms with Crippen LogP contribution in [0.15, 0.2) is 0 Å². The van der Waals surface area contributed by atoms with Crippen LogP contribution in [0.4, 0.5) is 0 Å². The van der Waals surface area contributed by atoms with Gasteiger partial charge < -0.3 is 15.4 Å². The number of carbonyl (C=O) groups is 1. The zero-order chi connectivity index (χ0) is 13.9. The van der Waals surface area contributed by atoms with Crippen molar-refractivity contribution < 1.29 is 9.53 Å². The van der Waals surface area contributed by atoms with E-state index in [0.717, 1.165) is 45.7 Å².